The van der Waals surface area contributed by atoms with E-state index in [1.165, 1.54) is 65.6 Å². The molecular weight excluding hydrogens is 424 g/mol. The molecule has 4 rings (SSSR count). The zero-order valence-corrected chi connectivity index (χ0v) is 22.3. The third-order valence-corrected chi connectivity index (χ3v) is 7.36. The molecule has 2 aliphatic rings. The van der Waals surface area contributed by atoms with Crippen molar-refractivity contribution >= 4 is 11.4 Å². The van der Waals surface area contributed by atoms with Crippen molar-refractivity contribution in [3.05, 3.63) is 76.9 Å². The van der Waals surface area contributed by atoms with Crippen molar-refractivity contribution in [2.45, 2.75) is 98.8 Å². The van der Waals surface area contributed by atoms with E-state index < -0.39 is 0 Å². The molecule has 2 atom stereocenters. The molecule has 1 aliphatic heterocycles. The molecule has 1 aliphatic carbocycles. The molecule has 2 heteroatoms. The van der Waals surface area contributed by atoms with Crippen LogP contribution in [0.15, 0.2) is 59.6 Å². The molecule has 2 aromatic rings. The van der Waals surface area contributed by atoms with Gasteiger partial charge in [0.2, 0.25) is 0 Å². The zero-order chi connectivity index (χ0) is 24.7. The Morgan fingerprint density at radius 3 is 2.29 bits per heavy atom. The van der Waals surface area contributed by atoms with Crippen molar-refractivity contribution in [1.29, 1.82) is 0 Å². The summed E-state index contributed by atoms with van der Waals surface area (Å²) in [4.78, 5) is 4.89. The number of nitrogens with two attached hydrogens (primary N) is 1. The van der Waals surface area contributed by atoms with Gasteiger partial charge < -0.3 is 5.73 Å². The van der Waals surface area contributed by atoms with Crippen molar-refractivity contribution in [3.8, 4) is 0 Å². The Morgan fingerprint density at radius 2 is 1.69 bits per heavy atom. The molecule has 2 nitrogen and oxygen atoms in total. The maximum absolute atomic E-state index is 5.62. The summed E-state index contributed by atoms with van der Waals surface area (Å²) in [7, 11) is 0. The largest absolute Gasteiger partial charge is 0.330 e. The van der Waals surface area contributed by atoms with E-state index in [1.807, 2.05) is 0 Å². The van der Waals surface area contributed by atoms with E-state index in [-0.39, 0.29) is 12.8 Å². The van der Waals surface area contributed by atoms with E-state index in [1.54, 1.807) is 0 Å². The number of fused-ring (bicyclic) bond motifs is 1. The molecule has 2 aromatic carbocycles. The Hall–Kier alpha value is -2.19. The standard InChI is InChI=1S/C23H27N.C9H19N.CH4/c1-16(2)12-17-6-8-18(9-7-17)13-21-14-19-10-11-20(23(3,4)5)15-22(19)24-21;1-2-8-4-3-5-9(6-8)7-10;/h6-11,15H,1,12-14H2,2-5H3;8-9H,2-7,10H2,1H3;1H4. The van der Waals surface area contributed by atoms with Gasteiger partial charge in [-0.2, -0.15) is 0 Å². The van der Waals surface area contributed by atoms with Crippen LogP contribution in [0.5, 0.6) is 0 Å². The summed E-state index contributed by atoms with van der Waals surface area (Å²) < 4.78 is 0. The van der Waals surface area contributed by atoms with Gasteiger partial charge in [0.1, 0.15) is 0 Å². The Morgan fingerprint density at radius 1 is 1.03 bits per heavy atom. The maximum atomic E-state index is 5.62. The highest BCUT2D eigenvalue weighted by Gasteiger charge is 2.20. The van der Waals surface area contributed by atoms with E-state index in [4.69, 9.17) is 10.7 Å². The number of hydrogen-bond acceptors (Lipinski definition) is 2. The number of benzene rings is 2. The van der Waals surface area contributed by atoms with Gasteiger partial charge in [0.05, 0.1) is 5.69 Å². The van der Waals surface area contributed by atoms with Crippen LogP contribution in [-0.2, 0) is 24.7 Å². The van der Waals surface area contributed by atoms with Gasteiger partial charge in [-0.1, -0.05) is 103 Å². The molecule has 1 saturated carbocycles. The van der Waals surface area contributed by atoms with Gasteiger partial charge in [0.15, 0.2) is 0 Å². The summed E-state index contributed by atoms with van der Waals surface area (Å²) in [5.41, 5.74) is 14.8. The monoisotopic (exact) mass is 474 g/mol. The molecule has 192 valence electrons. The first kappa shape index (κ1) is 29.0. The quantitative estimate of drug-likeness (QED) is 0.417. The summed E-state index contributed by atoms with van der Waals surface area (Å²) in [5, 5.41) is 0. The maximum Gasteiger partial charge on any atom is 0.0668 e. The van der Waals surface area contributed by atoms with Crippen LogP contribution < -0.4 is 5.73 Å². The number of rotatable bonds is 6. The smallest absolute Gasteiger partial charge is 0.0668 e. The van der Waals surface area contributed by atoms with Crippen LogP contribution in [0, 0.1) is 11.8 Å². The lowest BCUT2D eigenvalue weighted by Gasteiger charge is -2.27. The minimum atomic E-state index is 0. The van der Waals surface area contributed by atoms with Crippen molar-refractivity contribution in [1.82, 2.24) is 0 Å². The van der Waals surface area contributed by atoms with Crippen LogP contribution in [0.2, 0.25) is 0 Å². The third-order valence-electron chi connectivity index (χ3n) is 7.36. The lowest BCUT2D eigenvalue weighted by atomic mass is 9.80. The predicted octanol–water partition coefficient (Wildman–Crippen LogP) is 8.77. The van der Waals surface area contributed by atoms with Crippen molar-refractivity contribution < 1.29 is 0 Å². The van der Waals surface area contributed by atoms with Crippen molar-refractivity contribution in [3.63, 3.8) is 0 Å². The second-order valence-corrected chi connectivity index (χ2v) is 11.6. The first-order chi connectivity index (χ1) is 16.2. The second kappa shape index (κ2) is 13.2. The highest BCUT2D eigenvalue weighted by atomic mass is 14.8. The number of allylic oxidation sites excluding steroid dienone is 1. The molecule has 0 saturated heterocycles. The number of nitrogens with zero attached hydrogens (tertiary/aromatic N) is 1. The Labute approximate surface area is 216 Å². The molecule has 2 N–H and O–H groups in total. The van der Waals surface area contributed by atoms with Gasteiger partial charge in [0, 0.05) is 18.6 Å². The third kappa shape index (κ3) is 8.76. The lowest BCUT2D eigenvalue weighted by molar-refractivity contribution is 0.266. The average Bonchev–Trinajstić information content (AvgIpc) is 3.21. The molecule has 0 amide bonds. The minimum absolute atomic E-state index is 0. The van der Waals surface area contributed by atoms with Gasteiger partial charge in [-0.05, 0) is 78.3 Å². The first-order valence-corrected chi connectivity index (χ1v) is 13.3. The SMILES string of the molecule is C.C=C(C)Cc1ccc(CC2=Nc3cc(C(C)(C)C)ccc3C2)cc1.CCC1CCCC(CN)C1. The molecule has 0 bridgehead atoms. The molecule has 2 unspecified atom stereocenters. The van der Waals surface area contributed by atoms with Gasteiger partial charge in [-0.3, -0.25) is 4.99 Å². The highest BCUT2D eigenvalue weighted by molar-refractivity contribution is 5.95. The molecule has 0 radical (unpaired) electrons. The van der Waals surface area contributed by atoms with Crippen LogP contribution in [0.3, 0.4) is 0 Å². The summed E-state index contributed by atoms with van der Waals surface area (Å²) in [6.45, 7) is 16.0. The van der Waals surface area contributed by atoms with E-state index in [2.05, 4.69) is 83.7 Å². The zero-order valence-electron chi connectivity index (χ0n) is 22.3. The normalized spacial score (nSPS) is 19.1. The summed E-state index contributed by atoms with van der Waals surface area (Å²) in [6.07, 6.45) is 9.88. The minimum Gasteiger partial charge on any atom is -0.330 e. The fraction of sp³-hybridized carbons (Fsp3) is 0.545. The summed E-state index contributed by atoms with van der Waals surface area (Å²) in [5.74, 6) is 1.83. The fourth-order valence-electron chi connectivity index (χ4n) is 5.16. The molecule has 0 spiro atoms. The van der Waals surface area contributed by atoms with Crippen LogP contribution in [-0.4, -0.2) is 12.3 Å². The van der Waals surface area contributed by atoms with E-state index >= 15 is 0 Å². The Balaban J connectivity index is 0.000000332. The van der Waals surface area contributed by atoms with E-state index in [0.29, 0.717) is 0 Å². The summed E-state index contributed by atoms with van der Waals surface area (Å²) in [6, 6.07) is 15.6. The Kier molecular flexibility index (Phi) is 11.0. The van der Waals surface area contributed by atoms with Gasteiger partial charge >= 0.3 is 0 Å². The van der Waals surface area contributed by atoms with Gasteiger partial charge in [-0.25, -0.2) is 0 Å². The fourth-order valence-corrected chi connectivity index (χ4v) is 5.16. The molecule has 0 aromatic heterocycles. The highest BCUT2D eigenvalue weighted by Crippen LogP contribution is 2.33. The average molecular weight is 475 g/mol. The lowest BCUT2D eigenvalue weighted by Crippen LogP contribution is -2.22. The molecule has 1 fully saturated rings. The molecule has 35 heavy (non-hydrogen) atoms. The van der Waals surface area contributed by atoms with Crippen LogP contribution in [0.25, 0.3) is 0 Å². The molecule has 1 heterocycles. The Bertz CT molecular complexity index is 965. The van der Waals surface area contributed by atoms with Crippen molar-refractivity contribution in [2.24, 2.45) is 22.6 Å². The number of hydrogen-bond donors (Lipinski definition) is 1. The first-order valence-electron chi connectivity index (χ1n) is 13.3. The molecular formula is C33H50N2. The van der Waals surface area contributed by atoms with Crippen LogP contribution in [0.1, 0.15) is 96.4 Å². The van der Waals surface area contributed by atoms with Gasteiger partial charge in [-0.15, -0.1) is 0 Å². The number of aliphatic imine (C=N–C) groups is 1. The van der Waals surface area contributed by atoms with Crippen LogP contribution in [0.4, 0.5) is 5.69 Å². The van der Waals surface area contributed by atoms with E-state index in [0.717, 1.165) is 43.3 Å². The predicted molar refractivity (Wildman–Crippen MR) is 156 cm³/mol. The van der Waals surface area contributed by atoms with Gasteiger partial charge in [0.25, 0.3) is 0 Å². The second-order valence-electron chi connectivity index (χ2n) is 11.6. The summed E-state index contributed by atoms with van der Waals surface area (Å²) >= 11 is 0. The van der Waals surface area contributed by atoms with Crippen molar-refractivity contribution in [2.75, 3.05) is 6.54 Å². The topological polar surface area (TPSA) is 38.4 Å². The van der Waals surface area contributed by atoms with Crippen LogP contribution >= 0.6 is 0 Å². The van der Waals surface area contributed by atoms with E-state index in [9.17, 15) is 0 Å².